The smallest absolute Gasteiger partial charge is 0.355 e. The number of methoxy groups -OCH3 is 1. The van der Waals surface area contributed by atoms with Crippen molar-refractivity contribution in [3.63, 3.8) is 0 Å². The first-order chi connectivity index (χ1) is 11.2. The summed E-state index contributed by atoms with van der Waals surface area (Å²) in [5.74, 6) is 0.427. The molecule has 3 aromatic rings. The van der Waals surface area contributed by atoms with E-state index in [9.17, 15) is 4.79 Å². The van der Waals surface area contributed by atoms with E-state index in [4.69, 9.17) is 9.47 Å². The number of rotatable bonds is 4. The Morgan fingerprint density at radius 3 is 2.57 bits per heavy atom. The van der Waals surface area contributed by atoms with Crippen molar-refractivity contribution in [2.45, 2.75) is 6.92 Å². The van der Waals surface area contributed by atoms with Crippen LogP contribution in [0.15, 0.2) is 53.1 Å². The van der Waals surface area contributed by atoms with Gasteiger partial charge in [0.05, 0.1) is 23.7 Å². The van der Waals surface area contributed by atoms with Crippen LogP contribution in [0.1, 0.15) is 17.4 Å². The van der Waals surface area contributed by atoms with Gasteiger partial charge < -0.3 is 13.9 Å². The first-order valence-corrected chi connectivity index (χ1v) is 8.06. The van der Waals surface area contributed by atoms with E-state index in [0.717, 1.165) is 26.9 Å². The van der Waals surface area contributed by atoms with E-state index in [1.807, 2.05) is 53.1 Å². The van der Waals surface area contributed by atoms with E-state index in [0.29, 0.717) is 12.3 Å². The van der Waals surface area contributed by atoms with Gasteiger partial charge in [-0.1, -0.05) is 18.2 Å². The molecule has 0 unspecified atom stereocenters. The number of halogens is 1. The number of pyridine rings is 1. The van der Waals surface area contributed by atoms with Crippen LogP contribution in [-0.2, 0) is 4.74 Å². The molecule has 0 aliphatic heterocycles. The molecule has 5 heteroatoms. The Morgan fingerprint density at radius 2 is 1.91 bits per heavy atom. The van der Waals surface area contributed by atoms with Gasteiger partial charge >= 0.3 is 5.97 Å². The zero-order chi connectivity index (χ0) is 16.4. The van der Waals surface area contributed by atoms with E-state index >= 15 is 0 Å². The van der Waals surface area contributed by atoms with Gasteiger partial charge in [0.2, 0.25) is 0 Å². The second-order valence-electron chi connectivity index (χ2n) is 4.94. The molecule has 0 radical (unpaired) electrons. The van der Waals surface area contributed by atoms with Gasteiger partial charge in [-0.2, -0.15) is 0 Å². The molecule has 2 heterocycles. The van der Waals surface area contributed by atoms with Crippen LogP contribution >= 0.6 is 15.9 Å². The summed E-state index contributed by atoms with van der Waals surface area (Å²) in [6.07, 6.45) is 1.86. The van der Waals surface area contributed by atoms with Crippen LogP contribution in [0.3, 0.4) is 0 Å². The molecule has 0 saturated carbocycles. The molecule has 0 fully saturated rings. The van der Waals surface area contributed by atoms with E-state index < -0.39 is 0 Å². The van der Waals surface area contributed by atoms with Gasteiger partial charge in [0, 0.05) is 11.8 Å². The standard InChI is InChI=1S/C18H16BrNO3/c1-3-23-18(21)17-15(12-7-9-13(22-2)10-8-12)16(19)14-6-4-5-11-20(14)17/h4-11H,3H2,1-2H3. The molecule has 0 atom stereocenters. The van der Waals surface area contributed by atoms with Gasteiger partial charge in [-0.3, -0.25) is 0 Å². The molecule has 2 aromatic heterocycles. The first-order valence-electron chi connectivity index (χ1n) is 7.27. The van der Waals surface area contributed by atoms with E-state index in [1.165, 1.54) is 0 Å². The molecule has 23 heavy (non-hydrogen) atoms. The SMILES string of the molecule is CCOC(=O)c1c(-c2ccc(OC)cc2)c(Br)c2ccccn12. The van der Waals surface area contributed by atoms with Crippen molar-refractivity contribution in [1.29, 1.82) is 0 Å². The molecule has 0 bridgehead atoms. The Kier molecular flexibility index (Phi) is 4.39. The van der Waals surface area contributed by atoms with Crippen LogP contribution in [0.25, 0.3) is 16.6 Å². The number of esters is 1. The second-order valence-corrected chi connectivity index (χ2v) is 5.74. The molecule has 0 amide bonds. The Morgan fingerprint density at radius 1 is 1.17 bits per heavy atom. The molecule has 0 spiro atoms. The maximum atomic E-state index is 12.5. The van der Waals surface area contributed by atoms with Crippen molar-refractivity contribution in [3.8, 4) is 16.9 Å². The van der Waals surface area contributed by atoms with Gasteiger partial charge in [-0.15, -0.1) is 0 Å². The number of benzene rings is 1. The first kappa shape index (κ1) is 15.6. The molecule has 0 saturated heterocycles. The van der Waals surface area contributed by atoms with Crippen molar-refractivity contribution in [3.05, 3.63) is 58.8 Å². The van der Waals surface area contributed by atoms with Gasteiger partial charge in [0.25, 0.3) is 0 Å². The number of carbonyl (C=O) groups is 1. The zero-order valence-electron chi connectivity index (χ0n) is 12.9. The summed E-state index contributed by atoms with van der Waals surface area (Å²) in [5.41, 5.74) is 3.17. The lowest BCUT2D eigenvalue weighted by Gasteiger charge is -2.07. The molecule has 0 aliphatic carbocycles. The highest BCUT2D eigenvalue weighted by atomic mass is 79.9. The van der Waals surface area contributed by atoms with Crippen LogP contribution in [0, 0.1) is 0 Å². The third kappa shape index (κ3) is 2.72. The summed E-state index contributed by atoms with van der Waals surface area (Å²) < 4.78 is 13.2. The summed E-state index contributed by atoms with van der Waals surface area (Å²) in [7, 11) is 1.63. The van der Waals surface area contributed by atoms with Crippen molar-refractivity contribution < 1.29 is 14.3 Å². The average Bonchev–Trinajstić information content (AvgIpc) is 2.88. The average molecular weight is 374 g/mol. The van der Waals surface area contributed by atoms with Crippen LogP contribution in [0.4, 0.5) is 0 Å². The normalized spacial score (nSPS) is 10.7. The lowest BCUT2D eigenvalue weighted by Crippen LogP contribution is -2.09. The van der Waals surface area contributed by atoms with Crippen molar-refractivity contribution in [2.75, 3.05) is 13.7 Å². The molecular formula is C18H16BrNO3. The molecular weight excluding hydrogens is 358 g/mol. The monoisotopic (exact) mass is 373 g/mol. The fourth-order valence-electron chi connectivity index (χ4n) is 2.59. The van der Waals surface area contributed by atoms with Crippen molar-refractivity contribution in [1.82, 2.24) is 4.40 Å². The van der Waals surface area contributed by atoms with E-state index in [2.05, 4.69) is 15.9 Å². The third-order valence-corrected chi connectivity index (χ3v) is 4.43. The second kappa shape index (κ2) is 6.46. The number of carbonyl (C=O) groups excluding carboxylic acids is 1. The van der Waals surface area contributed by atoms with Crippen LogP contribution in [0.5, 0.6) is 5.75 Å². The third-order valence-electron chi connectivity index (χ3n) is 3.63. The van der Waals surface area contributed by atoms with E-state index in [-0.39, 0.29) is 5.97 Å². The Hall–Kier alpha value is -2.27. The topological polar surface area (TPSA) is 39.9 Å². The van der Waals surface area contributed by atoms with Crippen LogP contribution in [0.2, 0.25) is 0 Å². The van der Waals surface area contributed by atoms with Gasteiger partial charge in [0.1, 0.15) is 11.4 Å². The fraction of sp³-hybridized carbons (Fsp3) is 0.167. The number of nitrogens with zero attached hydrogens (tertiary/aromatic N) is 1. The van der Waals surface area contributed by atoms with E-state index in [1.54, 1.807) is 14.0 Å². The quantitative estimate of drug-likeness (QED) is 0.629. The van der Waals surface area contributed by atoms with Crippen LogP contribution in [-0.4, -0.2) is 24.1 Å². The summed E-state index contributed by atoms with van der Waals surface area (Å²) >= 11 is 3.63. The van der Waals surface area contributed by atoms with Gasteiger partial charge in [0.15, 0.2) is 0 Å². The predicted octanol–water partition coefficient (Wildman–Crippen LogP) is 4.55. The highest BCUT2D eigenvalue weighted by Gasteiger charge is 2.24. The number of hydrogen-bond acceptors (Lipinski definition) is 3. The van der Waals surface area contributed by atoms with Crippen molar-refractivity contribution >= 4 is 27.4 Å². The van der Waals surface area contributed by atoms with Gasteiger partial charge in [-0.05, 0) is 52.7 Å². The summed E-state index contributed by atoms with van der Waals surface area (Å²) in [6, 6.07) is 13.4. The fourth-order valence-corrected chi connectivity index (χ4v) is 3.33. The maximum absolute atomic E-state index is 12.5. The minimum Gasteiger partial charge on any atom is -0.497 e. The van der Waals surface area contributed by atoms with Crippen molar-refractivity contribution in [2.24, 2.45) is 0 Å². The minimum atomic E-state index is -0.342. The molecule has 3 rings (SSSR count). The largest absolute Gasteiger partial charge is 0.497 e. The Balaban J connectivity index is 2.27. The summed E-state index contributed by atoms with van der Waals surface area (Å²) in [5, 5.41) is 0. The number of ether oxygens (including phenoxy) is 2. The van der Waals surface area contributed by atoms with Gasteiger partial charge in [-0.25, -0.2) is 4.79 Å². The number of aromatic nitrogens is 1. The molecule has 1 aromatic carbocycles. The lowest BCUT2D eigenvalue weighted by atomic mass is 10.1. The zero-order valence-corrected chi connectivity index (χ0v) is 14.5. The molecule has 4 nitrogen and oxygen atoms in total. The number of hydrogen-bond donors (Lipinski definition) is 0. The highest BCUT2D eigenvalue weighted by Crippen LogP contribution is 2.38. The number of fused-ring (bicyclic) bond motifs is 1. The Bertz CT molecular complexity index is 853. The molecule has 118 valence electrons. The maximum Gasteiger partial charge on any atom is 0.355 e. The molecule has 0 N–H and O–H groups in total. The lowest BCUT2D eigenvalue weighted by molar-refractivity contribution is 0.0519. The van der Waals surface area contributed by atoms with Crippen LogP contribution < -0.4 is 4.74 Å². The summed E-state index contributed by atoms with van der Waals surface area (Å²) in [6.45, 7) is 2.13. The minimum absolute atomic E-state index is 0.332. The molecule has 0 aliphatic rings. The predicted molar refractivity (Wildman–Crippen MR) is 93.0 cm³/mol. The Labute approximate surface area is 142 Å². The summed E-state index contributed by atoms with van der Waals surface area (Å²) in [4.78, 5) is 12.5. The highest BCUT2D eigenvalue weighted by molar-refractivity contribution is 9.10.